The lowest BCUT2D eigenvalue weighted by molar-refractivity contribution is -0.174. The highest BCUT2D eigenvalue weighted by atomic mass is 16.6. The van der Waals surface area contributed by atoms with Crippen molar-refractivity contribution < 1.29 is 19.4 Å². The Bertz CT molecular complexity index is 695. The second-order valence-electron chi connectivity index (χ2n) is 13.1. The number of carbonyl (C=O) groups is 2. The summed E-state index contributed by atoms with van der Waals surface area (Å²) >= 11 is 0. The maximum atomic E-state index is 13.0. The number of ether oxygens (including phenoxy) is 1. The van der Waals surface area contributed by atoms with E-state index in [4.69, 9.17) is 4.74 Å². The summed E-state index contributed by atoms with van der Waals surface area (Å²) in [5, 5.41) is 11.2. The highest BCUT2D eigenvalue weighted by Crippen LogP contribution is 2.23. The van der Waals surface area contributed by atoms with E-state index >= 15 is 0 Å². The van der Waals surface area contributed by atoms with Crippen LogP contribution in [0, 0.1) is 0 Å². The van der Waals surface area contributed by atoms with Crippen molar-refractivity contribution >= 4 is 11.8 Å². The van der Waals surface area contributed by atoms with Gasteiger partial charge in [0.1, 0.15) is 0 Å². The van der Waals surface area contributed by atoms with Crippen molar-refractivity contribution in [1.29, 1.82) is 0 Å². The molecule has 4 heteroatoms. The van der Waals surface area contributed by atoms with Gasteiger partial charge in [-0.3, -0.25) is 4.79 Å². The molecule has 1 unspecified atom stereocenters. The minimum absolute atomic E-state index is 0.176. The van der Waals surface area contributed by atoms with Gasteiger partial charge in [0.05, 0.1) is 6.10 Å². The number of esters is 1. The number of allylic oxidation sites excluding steroid dienone is 4. The monoisotopic (exact) mass is 605 g/mol. The molecule has 0 aliphatic heterocycles. The Kier molecular flexibility index (Phi) is 29.6. The fraction of sp³-hybridized carbons (Fsp3) is 0.846. The number of aliphatic hydroxyl groups is 1. The molecule has 0 aromatic rings. The van der Waals surface area contributed by atoms with Gasteiger partial charge in [-0.25, -0.2) is 4.79 Å². The van der Waals surface area contributed by atoms with E-state index in [0.29, 0.717) is 12.8 Å². The molecule has 43 heavy (non-hydrogen) atoms. The van der Waals surface area contributed by atoms with E-state index in [1.165, 1.54) is 96.3 Å². The molecule has 0 saturated carbocycles. The van der Waals surface area contributed by atoms with Gasteiger partial charge in [-0.1, -0.05) is 154 Å². The summed E-state index contributed by atoms with van der Waals surface area (Å²) in [6, 6.07) is 0. The lowest BCUT2D eigenvalue weighted by Gasteiger charge is -2.26. The van der Waals surface area contributed by atoms with Crippen molar-refractivity contribution in [2.75, 3.05) is 0 Å². The lowest BCUT2D eigenvalue weighted by Crippen LogP contribution is -2.48. The average molecular weight is 605 g/mol. The van der Waals surface area contributed by atoms with Gasteiger partial charge in [0.2, 0.25) is 5.60 Å². The molecule has 0 spiro atoms. The summed E-state index contributed by atoms with van der Waals surface area (Å²) in [5.41, 5.74) is -1.99. The first kappa shape index (κ1) is 41.6. The topological polar surface area (TPSA) is 63.6 Å². The third kappa shape index (κ3) is 25.6. The molecule has 0 bridgehead atoms. The van der Waals surface area contributed by atoms with Crippen LogP contribution in [0.2, 0.25) is 0 Å². The summed E-state index contributed by atoms with van der Waals surface area (Å²) in [5.74, 6) is -1.12. The van der Waals surface area contributed by atoms with Crippen LogP contribution in [0.1, 0.15) is 201 Å². The third-order valence-corrected chi connectivity index (χ3v) is 8.39. The van der Waals surface area contributed by atoms with Gasteiger partial charge in [0.25, 0.3) is 0 Å². The van der Waals surface area contributed by atoms with Crippen LogP contribution in [0.4, 0.5) is 0 Å². The largest absolute Gasteiger partial charge is 0.460 e. The normalized spacial score (nSPS) is 13.3. The van der Waals surface area contributed by atoms with Crippen LogP contribution >= 0.6 is 0 Å². The molecule has 0 amide bonds. The molecule has 0 aromatic heterocycles. The first-order valence-corrected chi connectivity index (χ1v) is 18.6. The van der Waals surface area contributed by atoms with Crippen LogP contribution in [0.15, 0.2) is 24.3 Å². The van der Waals surface area contributed by atoms with Crippen LogP contribution in [0.3, 0.4) is 0 Å². The SMILES string of the molecule is CCCCC/C=C\C/C=C\CCCCCCCC(=O)C(O)(CCCCCCCCCCCCCCCC)C(=O)OC(C)C. The number of ketones is 1. The summed E-state index contributed by atoms with van der Waals surface area (Å²) in [4.78, 5) is 25.8. The van der Waals surface area contributed by atoms with E-state index in [2.05, 4.69) is 38.2 Å². The Morgan fingerprint density at radius 1 is 0.581 bits per heavy atom. The Morgan fingerprint density at radius 2 is 0.977 bits per heavy atom. The summed E-state index contributed by atoms with van der Waals surface area (Å²) in [6.07, 6.45) is 38.8. The number of Topliss-reactive ketones (excluding diaryl/α,β-unsaturated/α-hetero) is 1. The van der Waals surface area contributed by atoms with Gasteiger partial charge in [0.15, 0.2) is 5.78 Å². The first-order valence-electron chi connectivity index (χ1n) is 18.6. The van der Waals surface area contributed by atoms with Crippen LogP contribution in [-0.2, 0) is 14.3 Å². The van der Waals surface area contributed by atoms with E-state index in [9.17, 15) is 14.7 Å². The molecule has 252 valence electrons. The van der Waals surface area contributed by atoms with E-state index in [-0.39, 0.29) is 24.7 Å². The zero-order valence-electron chi connectivity index (χ0n) is 29.2. The molecular weight excluding hydrogens is 532 g/mol. The number of hydrogen-bond acceptors (Lipinski definition) is 4. The maximum absolute atomic E-state index is 13.0. The van der Waals surface area contributed by atoms with Crippen molar-refractivity contribution in [3.8, 4) is 0 Å². The van der Waals surface area contributed by atoms with Gasteiger partial charge in [0, 0.05) is 6.42 Å². The van der Waals surface area contributed by atoms with E-state index in [0.717, 1.165) is 51.4 Å². The Balaban J connectivity index is 4.10. The number of carbonyl (C=O) groups excluding carboxylic acids is 2. The quantitative estimate of drug-likeness (QED) is 0.0359. The van der Waals surface area contributed by atoms with Crippen LogP contribution in [0.5, 0.6) is 0 Å². The number of hydrogen-bond donors (Lipinski definition) is 1. The van der Waals surface area contributed by atoms with Gasteiger partial charge < -0.3 is 9.84 Å². The second kappa shape index (κ2) is 30.6. The standard InChI is InChI=1S/C39H72O4/c1-5-7-9-11-13-15-17-19-21-22-24-26-28-30-32-34-37(40)39(42,38(41)43-36(3)4)35-33-31-29-27-25-23-20-18-16-14-12-10-8-6-2/h13,15,19,21,36,42H,5-12,14,16-18,20,22-35H2,1-4H3/b15-13-,21-19-. The van der Waals surface area contributed by atoms with Crippen molar-refractivity contribution in [3.63, 3.8) is 0 Å². The fourth-order valence-corrected chi connectivity index (χ4v) is 5.55. The van der Waals surface area contributed by atoms with Gasteiger partial charge >= 0.3 is 5.97 Å². The minimum Gasteiger partial charge on any atom is -0.460 e. The van der Waals surface area contributed by atoms with Crippen LogP contribution < -0.4 is 0 Å². The zero-order chi connectivity index (χ0) is 31.9. The molecule has 0 rings (SSSR count). The molecule has 1 N–H and O–H groups in total. The zero-order valence-corrected chi connectivity index (χ0v) is 29.2. The molecular formula is C39H72O4. The fourth-order valence-electron chi connectivity index (χ4n) is 5.55. The molecule has 0 saturated heterocycles. The van der Waals surface area contributed by atoms with Crippen molar-refractivity contribution in [3.05, 3.63) is 24.3 Å². The van der Waals surface area contributed by atoms with Crippen LogP contribution in [0.25, 0.3) is 0 Å². The Hall–Kier alpha value is -1.42. The molecule has 0 aliphatic rings. The van der Waals surface area contributed by atoms with E-state index in [1.807, 2.05) is 0 Å². The molecule has 0 radical (unpaired) electrons. The van der Waals surface area contributed by atoms with Crippen molar-refractivity contribution in [2.45, 2.75) is 213 Å². The molecule has 0 fully saturated rings. The summed E-state index contributed by atoms with van der Waals surface area (Å²) in [7, 11) is 0. The third-order valence-electron chi connectivity index (χ3n) is 8.39. The highest BCUT2D eigenvalue weighted by Gasteiger charge is 2.44. The average Bonchev–Trinajstić information content (AvgIpc) is 2.98. The van der Waals surface area contributed by atoms with Crippen LogP contribution in [-0.4, -0.2) is 28.6 Å². The first-order chi connectivity index (χ1) is 20.9. The Labute approximate surface area is 267 Å². The highest BCUT2D eigenvalue weighted by molar-refractivity contribution is 6.06. The van der Waals surface area contributed by atoms with Gasteiger partial charge in [-0.05, 0) is 65.2 Å². The predicted molar refractivity (Wildman–Crippen MR) is 185 cm³/mol. The molecule has 1 atom stereocenters. The Morgan fingerprint density at radius 3 is 1.47 bits per heavy atom. The van der Waals surface area contributed by atoms with Gasteiger partial charge in [-0.2, -0.15) is 0 Å². The minimum atomic E-state index is -1.99. The predicted octanol–water partition coefficient (Wildman–Crippen LogP) is 11.9. The maximum Gasteiger partial charge on any atom is 0.346 e. The molecule has 0 aliphatic carbocycles. The summed E-state index contributed by atoms with van der Waals surface area (Å²) in [6.45, 7) is 8.02. The second-order valence-corrected chi connectivity index (χ2v) is 13.1. The lowest BCUT2D eigenvalue weighted by atomic mass is 9.88. The van der Waals surface area contributed by atoms with Crippen molar-refractivity contribution in [1.82, 2.24) is 0 Å². The molecule has 4 nitrogen and oxygen atoms in total. The van der Waals surface area contributed by atoms with Crippen molar-refractivity contribution in [2.24, 2.45) is 0 Å². The van der Waals surface area contributed by atoms with E-state index < -0.39 is 11.6 Å². The summed E-state index contributed by atoms with van der Waals surface area (Å²) < 4.78 is 5.31. The smallest absolute Gasteiger partial charge is 0.346 e. The number of unbranched alkanes of at least 4 members (excludes halogenated alkanes) is 21. The molecule has 0 heterocycles. The van der Waals surface area contributed by atoms with Gasteiger partial charge in [-0.15, -0.1) is 0 Å². The molecule has 0 aromatic carbocycles. The van der Waals surface area contributed by atoms with E-state index in [1.54, 1.807) is 13.8 Å². The number of rotatable bonds is 32.